The van der Waals surface area contributed by atoms with Gasteiger partial charge < -0.3 is 9.84 Å². The van der Waals surface area contributed by atoms with Crippen LogP contribution in [0.1, 0.15) is 29.5 Å². The van der Waals surface area contributed by atoms with Gasteiger partial charge in [-0.1, -0.05) is 5.16 Å². The van der Waals surface area contributed by atoms with Crippen molar-refractivity contribution in [3.63, 3.8) is 0 Å². The molecular formula is C13H18N4O. The molecule has 0 aliphatic heterocycles. The van der Waals surface area contributed by atoms with Gasteiger partial charge in [0.2, 0.25) is 5.95 Å². The van der Waals surface area contributed by atoms with Gasteiger partial charge in [0.15, 0.2) is 0 Å². The molecule has 0 spiro atoms. The van der Waals surface area contributed by atoms with E-state index < -0.39 is 0 Å². The van der Waals surface area contributed by atoms with Gasteiger partial charge in [-0.25, -0.2) is 9.97 Å². The van der Waals surface area contributed by atoms with Gasteiger partial charge in [0.1, 0.15) is 5.76 Å². The Balaban J connectivity index is 2.01. The highest BCUT2D eigenvalue weighted by molar-refractivity contribution is 5.29. The van der Waals surface area contributed by atoms with Gasteiger partial charge in [-0.3, -0.25) is 0 Å². The average Bonchev–Trinajstić information content (AvgIpc) is 2.64. The Kier molecular flexibility index (Phi) is 3.60. The van der Waals surface area contributed by atoms with Crippen LogP contribution in [0.15, 0.2) is 16.9 Å². The standard InChI is InChI=1S/C13H18N4O/c1-8-6-14-13(15-7-8)16-9(2)5-12-10(3)17-18-11(12)4/h6-7,9H,5H2,1-4H3,(H,14,15,16). The van der Waals surface area contributed by atoms with Gasteiger partial charge in [-0.15, -0.1) is 0 Å². The molecule has 2 heterocycles. The maximum absolute atomic E-state index is 5.15. The Morgan fingerprint density at radius 2 is 1.89 bits per heavy atom. The first-order valence-electron chi connectivity index (χ1n) is 6.03. The molecular weight excluding hydrogens is 228 g/mol. The Hall–Kier alpha value is -1.91. The van der Waals surface area contributed by atoms with Crippen LogP contribution in [0.4, 0.5) is 5.95 Å². The highest BCUT2D eigenvalue weighted by Crippen LogP contribution is 2.15. The predicted molar refractivity (Wildman–Crippen MR) is 69.5 cm³/mol. The largest absolute Gasteiger partial charge is 0.361 e. The number of hydrogen-bond donors (Lipinski definition) is 1. The fourth-order valence-corrected chi connectivity index (χ4v) is 1.84. The molecule has 2 aromatic heterocycles. The van der Waals surface area contributed by atoms with Gasteiger partial charge in [0.05, 0.1) is 5.69 Å². The van der Waals surface area contributed by atoms with Gasteiger partial charge in [0.25, 0.3) is 0 Å². The lowest BCUT2D eigenvalue weighted by Gasteiger charge is -2.13. The van der Waals surface area contributed by atoms with Crippen molar-refractivity contribution < 1.29 is 4.52 Å². The fraction of sp³-hybridized carbons (Fsp3) is 0.462. The monoisotopic (exact) mass is 246 g/mol. The van der Waals surface area contributed by atoms with E-state index in [2.05, 4.69) is 27.4 Å². The lowest BCUT2D eigenvalue weighted by atomic mass is 10.1. The number of nitrogens with one attached hydrogen (secondary N) is 1. The fourth-order valence-electron chi connectivity index (χ4n) is 1.84. The topological polar surface area (TPSA) is 63.8 Å². The van der Waals surface area contributed by atoms with Crippen LogP contribution < -0.4 is 5.32 Å². The number of aromatic nitrogens is 3. The Morgan fingerprint density at radius 1 is 1.22 bits per heavy atom. The van der Waals surface area contributed by atoms with Crippen molar-refractivity contribution in [2.45, 2.75) is 40.2 Å². The highest BCUT2D eigenvalue weighted by Gasteiger charge is 2.13. The predicted octanol–water partition coefficient (Wildman–Crippen LogP) is 2.43. The van der Waals surface area contributed by atoms with Crippen LogP contribution in [0.3, 0.4) is 0 Å². The van der Waals surface area contributed by atoms with Crippen LogP contribution in [-0.4, -0.2) is 21.2 Å². The number of hydrogen-bond acceptors (Lipinski definition) is 5. The summed E-state index contributed by atoms with van der Waals surface area (Å²) in [5.41, 5.74) is 3.16. The van der Waals surface area contributed by atoms with Gasteiger partial charge in [-0.2, -0.15) is 0 Å². The van der Waals surface area contributed by atoms with Crippen molar-refractivity contribution in [2.24, 2.45) is 0 Å². The summed E-state index contributed by atoms with van der Waals surface area (Å²) < 4.78 is 5.15. The molecule has 5 nitrogen and oxygen atoms in total. The summed E-state index contributed by atoms with van der Waals surface area (Å²) in [6.45, 7) is 7.96. The minimum atomic E-state index is 0.226. The smallest absolute Gasteiger partial charge is 0.222 e. The van der Waals surface area contributed by atoms with Crippen LogP contribution in [0.5, 0.6) is 0 Å². The molecule has 1 atom stereocenters. The number of anilines is 1. The second-order valence-corrected chi connectivity index (χ2v) is 4.64. The molecule has 1 N–H and O–H groups in total. The summed E-state index contributed by atoms with van der Waals surface area (Å²) >= 11 is 0. The van der Waals surface area contributed by atoms with Crippen molar-refractivity contribution in [3.8, 4) is 0 Å². The van der Waals surface area contributed by atoms with E-state index in [0.29, 0.717) is 5.95 Å². The maximum Gasteiger partial charge on any atom is 0.222 e. The maximum atomic E-state index is 5.15. The van der Waals surface area contributed by atoms with E-state index in [9.17, 15) is 0 Å². The van der Waals surface area contributed by atoms with Crippen molar-refractivity contribution in [3.05, 3.63) is 35.0 Å². The van der Waals surface area contributed by atoms with E-state index in [-0.39, 0.29) is 6.04 Å². The molecule has 5 heteroatoms. The van der Waals surface area contributed by atoms with Crippen LogP contribution in [0.25, 0.3) is 0 Å². The van der Waals surface area contributed by atoms with E-state index in [1.807, 2.05) is 20.8 Å². The molecule has 2 rings (SSSR count). The van der Waals surface area contributed by atoms with E-state index >= 15 is 0 Å². The molecule has 1 unspecified atom stereocenters. The molecule has 0 radical (unpaired) electrons. The molecule has 0 aliphatic carbocycles. The third-order valence-corrected chi connectivity index (χ3v) is 2.85. The lowest BCUT2D eigenvalue weighted by Crippen LogP contribution is -2.20. The first-order chi connectivity index (χ1) is 8.56. The quantitative estimate of drug-likeness (QED) is 0.897. The zero-order valence-electron chi connectivity index (χ0n) is 11.2. The van der Waals surface area contributed by atoms with Crippen LogP contribution >= 0.6 is 0 Å². The molecule has 2 aromatic rings. The molecule has 96 valence electrons. The van der Waals surface area contributed by atoms with Crippen molar-refractivity contribution in [1.82, 2.24) is 15.1 Å². The zero-order valence-corrected chi connectivity index (χ0v) is 11.2. The minimum absolute atomic E-state index is 0.226. The van der Waals surface area contributed by atoms with Gasteiger partial charge >= 0.3 is 0 Å². The summed E-state index contributed by atoms with van der Waals surface area (Å²) in [5.74, 6) is 1.53. The third kappa shape index (κ3) is 2.85. The van der Waals surface area contributed by atoms with Crippen molar-refractivity contribution in [2.75, 3.05) is 5.32 Å². The first kappa shape index (κ1) is 12.5. The molecule has 0 fully saturated rings. The Morgan fingerprint density at radius 3 is 2.44 bits per heavy atom. The summed E-state index contributed by atoms with van der Waals surface area (Å²) in [4.78, 5) is 8.46. The number of rotatable bonds is 4. The summed E-state index contributed by atoms with van der Waals surface area (Å²) in [6, 6.07) is 0.226. The zero-order chi connectivity index (χ0) is 13.1. The molecule has 0 saturated heterocycles. The number of aryl methyl sites for hydroxylation is 3. The van der Waals surface area contributed by atoms with Crippen LogP contribution in [0, 0.1) is 20.8 Å². The van der Waals surface area contributed by atoms with E-state index in [4.69, 9.17) is 4.52 Å². The minimum Gasteiger partial charge on any atom is -0.361 e. The van der Waals surface area contributed by atoms with Crippen LogP contribution in [-0.2, 0) is 6.42 Å². The van der Waals surface area contributed by atoms with Crippen molar-refractivity contribution >= 4 is 5.95 Å². The van der Waals surface area contributed by atoms with Gasteiger partial charge in [-0.05, 0) is 39.7 Å². The summed E-state index contributed by atoms with van der Waals surface area (Å²) in [6.07, 6.45) is 4.45. The lowest BCUT2D eigenvalue weighted by molar-refractivity contribution is 0.392. The average molecular weight is 246 g/mol. The molecule has 0 aromatic carbocycles. The summed E-state index contributed by atoms with van der Waals surface area (Å²) in [7, 11) is 0. The molecule has 0 saturated carbocycles. The first-order valence-corrected chi connectivity index (χ1v) is 6.03. The molecule has 0 aliphatic rings. The van der Waals surface area contributed by atoms with Gasteiger partial charge in [0, 0.05) is 24.0 Å². The highest BCUT2D eigenvalue weighted by atomic mass is 16.5. The SMILES string of the molecule is Cc1cnc(NC(C)Cc2c(C)noc2C)nc1. The third-order valence-electron chi connectivity index (χ3n) is 2.85. The van der Waals surface area contributed by atoms with Crippen molar-refractivity contribution in [1.29, 1.82) is 0 Å². The summed E-state index contributed by atoms with van der Waals surface area (Å²) in [5, 5.41) is 7.22. The van der Waals surface area contributed by atoms with Crippen LogP contribution in [0.2, 0.25) is 0 Å². The van der Waals surface area contributed by atoms with E-state index in [1.165, 1.54) is 0 Å². The molecule has 0 amide bonds. The normalized spacial score (nSPS) is 12.4. The Labute approximate surface area is 107 Å². The second kappa shape index (κ2) is 5.16. The molecule has 0 bridgehead atoms. The van der Waals surface area contributed by atoms with E-state index in [1.54, 1.807) is 12.4 Å². The van der Waals surface area contributed by atoms with E-state index in [0.717, 1.165) is 29.0 Å². The second-order valence-electron chi connectivity index (χ2n) is 4.64. The number of nitrogens with zero attached hydrogens (tertiary/aromatic N) is 3. The molecule has 18 heavy (non-hydrogen) atoms. The Bertz CT molecular complexity index is 499.